The molecule has 0 aliphatic heterocycles. The van der Waals surface area contributed by atoms with Crippen molar-refractivity contribution in [3.8, 4) is 0 Å². The minimum atomic E-state index is -0.381. The topological polar surface area (TPSA) is 74.2 Å². The minimum absolute atomic E-state index is 0.118. The van der Waals surface area contributed by atoms with E-state index in [4.69, 9.17) is 15.0 Å². The van der Waals surface area contributed by atoms with E-state index in [0.29, 0.717) is 18.3 Å². The zero-order valence-corrected chi connectivity index (χ0v) is 9.90. The van der Waals surface area contributed by atoms with E-state index >= 15 is 0 Å². The van der Waals surface area contributed by atoms with Gasteiger partial charge in [-0.2, -0.15) is 4.98 Å². The normalized spacial score (nSPS) is 30.5. The minimum Gasteiger partial charge on any atom is -0.367 e. The number of anilines is 1. The van der Waals surface area contributed by atoms with Crippen molar-refractivity contribution in [2.75, 3.05) is 12.3 Å². The summed E-state index contributed by atoms with van der Waals surface area (Å²) in [5.41, 5.74) is 5.10. The van der Waals surface area contributed by atoms with Gasteiger partial charge in [0.2, 0.25) is 5.82 Å². The molecule has 1 aromatic rings. The van der Waals surface area contributed by atoms with Crippen LogP contribution in [-0.2, 0) is 10.3 Å². The van der Waals surface area contributed by atoms with Crippen LogP contribution < -0.4 is 5.73 Å². The number of ether oxygens (including phenoxy) is 1. The van der Waals surface area contributed by atoms with Gasteiger partial charge in [-0.15, -0.1) is 0 Å². The van der Waals surface area contributed by atoms with Gasteiger partial charge in [-0.1, -0.05) is 18.5 Å². The van der Waals surface area contributed by atoms with Gasteiger partial charge in [0, 0.05) is 6.61 Å². The van der Waals surface area contributed by atoms with Crippen LogP contribution in [0.3, 0.4) is 0 Å². The molecule has 2 rings (SSSR count). The molecule has 1 aromatic heterocycles. The highest BCUT2D eigenvalue weighted by Crippen LogP contribution is 2.41. The highest BCUT2D eigenvalue weighted by Gasteiger charge is 2.41. The van der Waals surface area contributed by atoms with Crippen molar-refractivity contribution in [2.45, 2.75) is 45.1 Å². The zero-order valence-electron chi connectivity index (χ0n) is 9.90. The molecule has 1 aliphatic carbocycles. The summed E-state index contributed by atoms with van der Waals surface area (Å²) >= 11 is 0. The Morgan fingerprint density at radius 2 is 2.44 bits per heavy atom. The van der Waals surface area contributed by atoms with Crippen molar-refractivity contribution in [1.29, 1.82) is 0 Å². The van der Waals surface area contributed by atoms with Gasteiger partial charge in [-0.3, -0.25) is 0 Å². The van der Waals surface area contributed by atoms with E-state index < -0.39 is 0 Å². The Morgan fingerprint density at radius 3 is 3.00 bits per heavy atom. The Morgan fingerprint density at radius 1 is 1.62 bits per heavy atom. The van der Waals surface area contributed by atoms with E-state index in [1.807, 2.05) is 6.92 Å². The van der Waals surface area contributed by atoms with Crippen molar-refractivity contribution >= 4 is 6.01 Å². The van der Waals surface area contributed by atoms with Gasteiger partial charge in [0.05, 0.1) is 0 Å². The van der Waals surface area contributed by atoms with Crippen molar-refractivity contribution in [2.24, 2.45) is 5.92 Å². The van der Waals surface area contributed by atoms with Crippen LogP contribution in [0.2, 0.25) is 0 Å². The Bertz CT molecular complexity index is 349. The van der Waals surface area contributed by atoms with Crippen molar-refractivity contribution in [3.63, 3.8) is 0 Å². The van der Waals surface area contributed by atoms with Gasteiger partial charge >= 0.3 is 6.01 Å². The predicted molar refractivity (Wildman–Crippen MR) is 59.6 cm³/mol. The Kier molecular flexibility index (Phi) is 3.14. The van der Waals surface area contributed by atoms with Crippen LogP contribution in [-0.4, -0.2) is 16.7 Å². The second-order valence-corrected chi connectivity index (χ2v) is 4.59. The van der Waals surface area contributed by atoms with Gasteiger partial charge in [-0.05, 0) is 32.1 Å². The molecule has 1 heterocycles. The lowest BCUT2D eigenvalue weighted by Gasteiger charge is -2.37. The Hall–Kier alpha value is -1.10. The van der Waals surface area contributed by atoms with Crippen LogP contribution in [0.1, 0.15) is 45.4 Å². The van der Waals surface area contributed by atoms with Crippen molar-refractivity contribution < 1.29 is 9.26 Å². The van der Waals surface area contributed by atoms with E-state index in [9.17, 15) is 0 Å². The molecule has 0 aromatic carbocycles. The highest BCUT2D eigenvalue weighted by atomic mass is 16.5. The van der Waals surface area contributed by atoms with Gasteiger partial charge in [0.1, 0.15) is 5.60 Å². The first-order chi connectivity index (χ1) is 7.66. The first-order valence-corrected chi connectivity index (χ1v) is 5.90. The van der Waals surface area contributed by atoms with Crippen LogP contribution in [0.4, 0.5) is 6.01 Å². The molecule has 5 nitrogen and oxygen atoms in total. The fourth-order valence-electron chi connectivity index (χ4n) is 2.60. The molecule has 0 saturated heterocycles. The first kappa shape index (κ1) is 11.4. The van der Waals surface area contributed by atoms with Crippen LogP contribution in [0.25, 0.3) is 0 Å². The summed E-state index contributed by atoms with van der Waals surface area (Å²) in [6.07, 6.45) is 4.27. The molecule has 0 amide bonds. The molecule has 90 valence electrons. The number of rotatable bonds is 3. The third kappa shape index (κ3) is 2.04. The van der Waals surface area contributed by atoms with Gasteiger partial charge < -0.3 is 15.0 Å². The number of nitrogen functional groups attached to an aromatic ring is 1. The molecule has 2 atom stereocenters. The lowest BCUT2D eigenvalue weighted by molar-refractivity contribution is -0.0891. The number of hydrogen-bond donors (Lipinski definition) is 1. The van der Waals surface area contributed by atoms with Crippen molar-refractivity contribution in [3.05, 3.63) is 5.82 Å². The van der Waals surface area contributed by atoms with Crippen LogP contribution in [0.5, 0.6) is 0 Å². The highest BCUT2D eigenvalue weighted by molar-refractivity contribution is 5.13. The lowest BCUT2D eigenvalue weighted by atomic mass is 9.78. The predicted octanol–water partition coefficient (Wildman–Crippen LogP) is 2.09. The number of hydrogen-bond acceptors (Lipinski definition) is 5. The summed E-state index contributed by atoms with van der Waals surface area (Å²) in [5, 5.41) is 3.93. The molecule has 1 aliphatic rings. The SMILES string of the molecule is CCOC1(c2noc(N)n2)CCCC(C)C1. The van der Waals surface area contributed by atoms with E-state index in [1.54, 1.807) is 0 Å². The maximum absolute atomic E-state index is 5.90. The van der Waals surface area contributed by atoms with Crippen LogP contribution in [0.15, 0.2) is 4.52 Å². The molecule has 2 unspecified atom stereocenters. The molecule has 0 radical (unpaired) electrons. The van der Waals surface area contributed by atoms with Crippen LogP contribution >= 0.6 is 0 Å². The summed E-state index contributed by atoms with van der Waals surface area (Å²) < 4.78 is 10.8. The smallest absolute Gasteiger partial charge is 0.318 e. The maximum Gasteiger partial charge on any atom is 0.318 e. The fourth-order valence-corrected chi connectivity index (χ4v) is 2.60. The third-order valence-electron chi connectivity index (χ3n) is 3.23. The monoisotopic (exact) mass is 225 g/mol. The van der Waals surface area contributed by atoms with Gasteiger partial charge in [0.15, 0.2) is 0 Å². The molecule has 1 fully saturated rings. The molecular formula is C11H19N3O2. The van der Waals surface area contributed by atoms with E-state index in [2.05, 4.69) is 17.1 Å². The molecule has 0 spiro atoms. The second-order valence-electron chi connectivity index (χ2n) is 4.59. The van der Waals surface area contributed by atoms with Gasteiger partial charge in [0.25, 0.3) is 0 Å². The molecule has 2 N–H and O–H groups in total. The summed E-state index contributed by atoms with van der Waals surface area (Å²) in [4.78, 5) is 4.13. The Balaban J connectivity index is 2.27. The number of nitrogens with two attached hydrogens (primary N) is 1. The molecular weight excluding hydrogens is 206 g/mol. The Labute approximate surface area is 95.3 Å². The summed E-state index contributed by atoms with van der Waals surface area (Å²) in [7, 11) is 0. The second kappa shape index (κ2) is 4.41. The van der Waals surface area contributed by atoms with Crippen molar-refractivity contribution in [1.82, 2.24) is 10.1 Å². The first-order valence-electron chi connectivity index (χ1n) is 5.90. The summed E-state index contributed by atoms with van der Waals surface area (Å²) in [6.45, 7) is 4.88. The largest absolute Gasteiger partial charge is 0.367 e. The maximum atomic E-state index is 5.90. The molecule has 0 bridgehead atoms. The summed E-state index contributed by atoms with van der Waals surface area (Å²) in [6, 6.07) is 0.118. The number of nitrogens with zero attached hydrogens (tertiary/aromatic N) is 2. The van der Waals surface area contributed by atoms with Gasteiger partial charge in [-0.25, -0.2) is 0 Å². The van der Waals surface area contributed by atoms with Crippen LogP contribution in [0, 0.1) is 5.92 Å². The van der Waals surface area contributed by atoms with E-state index in [1.165, 1.54) is 6.42 Å². The quantitative estimate of drug-likeness (QED) is 0.852. The molecule has 1 saturated carbocycles. The fraction of sp³-hybridized carbons (Fsp3) is 0.818. The standard InChI is InChI=1S/C11H19N3O2/c1-3-15-11(6-4-5-8(2)7-11)9-13-10(12)16-14-9/h8H,3-7H2,1-2H3,(H2,12,13,14). The zero-order chi connectivity index (χ0) is 11.6. The van der Waals surface area contributed by atoms with E-state index in [0.717, 1.165) is 19.3 Å². The lowest BCUT2D eigenvalue weighted by Crippen LogP contribution is -2.36. The average Bonchev–Trinajstić information content (AvgIpc) is 2.66. The number of aromatic nitrogens is 2. The van der Waals surface area contributed by atoms with E-state index in [-0.39, 0.29) is 11.6 Å². The molecule has 5 heteroatoms. The summed E-state index contributed by atoms with van der Waals surface area (Å²) in [5.74, 6) is 1.23. The third-order valence-corrected chi connectivity index (χ3v) is 3.23. The molecule has 16 heavy (non-hydrogen) atoms. The average molecular weight is 225 g/mol.